The van der Waals surface area contributed by atoms with E-state index in [1.165, 1.54) is 11.1 Å². The van der Waals surface area contributed by atoms with Crippen LogP contribution in [0.4, 0.5) is 9.59 Å². The van der Waals surface area contributed by atoms with Crippen LogP contribution in [0.25, 0.3) is 11.1 Å². The van der Waals surface area contributed by atoms with E-state index in [4.69, 9.17) is 4.74 Å². The Balaban J connectivity index is 1.38. The number of nitrogens with zero attached hydrogens (tertiary/aromatic N) is 2. The molecule has 6 heteroatoms. The lowest BCUT2D eigenvalue weighted by atomic mass is 9.93. The van der Waals surface area contributed by atoms with Crippen LogP contribution in [-0.4, -0.2) is 54.2 Å². The smallest absolute Gasteiger partial charge is 0.410 e. The molecule has 2 heterocycles. The molecule has 0 aromatic heterocycles. The topological polar surface area (TPSA) is 61.9 Å². The molecule has 1 N–H and O–H groups in total. The van der Waals surface area contributed by atoms with E-state index in [9.17, 15) is 9.59 Å². The number of rotatable bonds is 1. The number of piperidine rings is 1. The Labute approximate surface area is 164 Å². The highest BCUT2D eigenvalue weighted by Crippen LogP contribution is 2.43. The van der Waals surface area contributed by atoms with Crippen molar-refractivity contribution in [3.05, 3.63) is 59.7 Å². The van der Waals surface area contributed by atoms with Gasteiger partial charge >= 0.3 is 12.1 Å². The second kappa shape index (κ2) is 6.26. The van der Waals surface area contributed by atoms with Crippen molar-refractivity contribution in [1.29, 1.82) is 0 Å². The number of carbonyl (C=O) groups is 2. The molecule has 5 rings (SSSR count). The van der Waals surface area contributed by atoms with Crippen molar-refractivity contribution in [1.82, 2.24) is 15.1 Å². The number of ether oxygens (including phenoxy) is 1. The van der Waals surface area contributed by atoms with Crippen LogP contribution >= 0.6 is 0 Å². The third-order valence-corrected chi connectivity index (χ3v) is 6.07. The molecule has 0 saturated carbocycles. The van der Waals surface area contributed by atoms with Crippen LogP contribution < -0.4 is 5.32 Å². The molecule has 0 bridgehead atoms. The molecular weight excluding hydrogens is 354 g/mol. The van der Waals surface area contributed by atoms with Gasteiger partial charge in [0.05, 0.1) is 19.1 Å². The van der Waals surface area contributed by atoms with Gasteiger partial charge in [0, 0.05) is 13.6 Å². The molecule has 2 aromatic carbocycles. The van der Waals surface area contributed by atoms with Gasteiger partial charge in [0.15, 0.2) is 0 Å². The van der Waals surface area contributed by atoms with E-state index in [0.29, 0.717) is 19.6 Å². The number of likely N-dealkylation sites (N-methyl/N-ethyl adjacent to an activating group) is 1. The number of hydrogen-bond donors (Lipinski definition) is 1. The van der Waals surface area contributed by atoms with Gasteiger partial charge < -0.3 is 19.9 Å². The molecule has 3 amide bonds. The molecule has 2 saturated heterocycles. The first-order valence-electron chi connectivity index (χ1n) is 9.74. The average Bonchev–Trinajstić information content (AvgIpc) is 3.16. The summed E-state index contributed by atoms with van der Waals surface area (Å²) in [6, 6.07) is 16.2. The fourth-order valence-electron chi connectivity index (χ4n) is 4.80. The Bertz CT molecular complexity index is 914. The lowest BCUT2D eigenvalue weighted by Crippen LogP contribution is -2.55. The van der Waals surface area contributed by atoms with Crippen molar-refractivity contribution in [3.8, 4) is 11.1 Å². The first-order valence-corrected chi connectivity index (χ1v) is 9.74. The number of nitrogens with one attached hydrogen (secondary N) is 1. The zero-order chi connectivity index (χ0) is 19.3. The van der Waals surface area contributed by atoms with Crippen LogP contribution in [0.3, 0.4) is 0 Å². The number of benzene rings is 2. The lowest BCUT2D eigenvalue weighted by molar-refractivity contribution is 0.00301. The maximum Gasteiger partial charge on any atom is 0.410 e. The van der Waals surface area contributed by atoms with E-state index in [1.54, 1.807) is 16.8 Å². The van der Waals surface area contributed by atoms with Crippen molar-refractivity contribution in [2.75, 3.05) is 26.7 Å². The number of amides is 3. The predicted octanol–water partition coefficient (Wildman–Crippen LogP) is 3.38. The molecule has 2 aromatic rings. The molecule has 28 heavy (non-hydrogen) atoms. The zero-order valence-corrected chi connectivity index (χ0v) is 15.9. The Kier molecular flexibility index (Phi) is 3.82. The fraction of sp³-hybridized carbons (Fsp3) is 0.364. The molecule has 3 aliphatic rings. The lowest BCUT2D eigenvalue weighted by Gasteiger charge is -2.38. The van der Waals surface area contributed by atoms with E-state index in [2.05, 4.69) is 29.6 Å². The monoisotopic (exact) mass is 377 g/mol. The number of urea groups is 1. The molecular formula is C22H23N3O3. The van der Waals surface area contributed by atoms with Gasteiger partial charge in [0.2, 0.25) is 0 Å². The van der Waals surface area contributed by atoms with Gasteiger partial charge in [-0.2, -0.15) is 0 Å². The van der Waals surface area contributed by atoms with Crippen molar-refractivity contribution >= 4 is 12.1 Å². The van der Waals surface area contributed by atoms with Crippen molar-refractivity contribution in [2.45, 2.75) is 24.5 Å². The maximum atomic E-state index is 13.1. The van der Waals surface area contributed by atoms with Gasteiger partial charge in [-0.3, -0.25) is 0 Å². The molecule has 1 aliphatic carbocycles. The van der Waals surface area contributed by atoms with Crippen LogP contribution in [0.5, 0.6) is 0 Å². The summed E-state index contributed by atoms with van der Waals surface area (Å²) in [6.07, 6.45) is 1.31. The van der Waals surface area contributed by atoms with E-state index in [1.807, 2.05) is 24.3 Å². The minimum Gasteiger partial charge on any atom is -0.439 e. The highest BCUT2D eigenvalue weighted by Gasteiger charge is 2.47. The SMILES string of the molecule is CN1C[C@]2(CCCN(C(=O)NC3c4ccccc4-c4ccccc43)C2)OC1=O. The van der Waals surface area contributed by atoms with Crippen LogP contribution in [0.2, 0.25) is 0 Å². The summed E-state index contributed by atoms with van der Waals surface area (Å²) in [7, 11) is 1.74. The highest BCUT2D eigenvalue weighted by molar-refractivity contribution is 5.83. The summed E-state index contributed by atoms with van der Waals surface area (Å²) in [4.78, 5) is 28.4. The van der Waals surface area contributed by atoms with Crippen molar-refractivity contribution < 1.29 is 14.3 Å². The van der Waals surface area contributed by atoms with Gasteiger partial charge in [-0.15, -0.1) is 0 Å². The van der Waals surface area contributed by atoms with Gasteiger partial charge in [0.25, 0.3) is 0 Å². The second-order valence-corrected chi connectivity index (χ2v) is 7.99. The Morgan fingerprint density at radius 1 is 1.07 bits per heavy atom. The summed E-state index contributed by atoms with van der Waals surface area (Å²) in [6.45, 7) is 1.64. The Morgan fingerprint density at radius 2 is 1.71 bits per heavy atom. The van der Waals surface area contributed by atoms with Crippen LogP contribution in [-0.2, 0) is 4.74 Å². The van der Waals surface area contributed by atoms with Crippen LogP contribution in [0, 0.1) is 0 Å². The van der Waals surface area contributed by atoms with E-state index >= 15 is 0 Å². The minimum atomic E-state index is -0.576. The third-order valence-electron chi connectivity index (χ3n) is 6.07. The number of likely N-dealkylation sites (tertiary alicyclic amines) is 1. The number of carbonyl (C=O) groups excluding carboxylic acids is 2. The number of hydrogen-bond acceptors (Lipinski definition) is 3. The third kappa shape index (κ3) is 2.63. The number of fused-ring (bicyclic) bond motifs is 3. The average molecular weight is 377 g/mol. The first kappa shape index (κ1) is 17.1. The van der Waals surface area contributed by atoms with Gasteiger partial charge in [-0.25, -0.2) is 9.59 Å². The van der Waals surface area contributed by atoms with Crippen molar-refractivity contribution in [3.63, 3.8) is 0 Å². The zero-order valence-electron chi connectivity index (χ0n) is 15.9. The molecule has 2 aliphatic heterocycles. The molecule has 1 atom stereocenters. The molecule has 0 unspecified atom stereocenters. The highest BCUT2D eigenvalue weighted by atomic mass is 16.6. The fourth-order valence-corrected chi connectivity index (χ4v) is 4.80. The minimum absolute atomic E-state index is 0.110. The second-order valence-electron chi connectivity index (χ2n) is 7.99. The molecule has 1 spiro atoms. The Hall–Kier alpha value is -3.02. The van der Waals surface area contributed by atoms with Crippen LogP contribution in [0.1, 0.15) is 30.0 Å². The predicted molar refractivity (Wildman–Crippen MR) is 105 cm³/mol. The van der Waals surface area contributed by atoms with Gasteiger partial charge in [0.1, 0.15) is 5.60 Å². The standard InChI is InChI=1S/C22H23N3O3/c1-24-13-22(28-21(24)27)11-6-12-25(14-22)20(26)23-19-17-9-4-2-7-15(17)16-8-3-5-10-18(16)19/h2-5,7-10,19H,6,11-14H2,1H3,(H,23,26)/t22-/m0/s1. The molecule has 6 nitrogen and oxygen atoms in total. The van der Waals surface area contributed by atoms with E-state index in [-0.39, 0.29) is 18.2 Å². The van der Waals surface area contributed by atoms with E-state index in [0.717, 1.165) is 24.0 Å². The van der Waals surface area contributed by atoms with Gasteiger partial charge in [-0.1, -0.05) is 48.5 Å². The van der Waals surface area contributed by atoms with E-state index < -0.39 is 5.60 Å². The quantitative estimate of drug-likeness (QED) is 0.829. The molecule has 0 radical (unpaired) electrons. The summed E-state index contributed by atoms with van der Waals surface area (Å²) in [5.41, 5.74) is 4.01. The summed E-state index contributed by atoms with van der Waals surface area (Å²) in [5.74, 6) is 0. The normalized spacial score (nSPS) is 23.5. The largest absolute Gasteiger partial charge is 0.439 e. The summed E-state index contributed by atoms with van der Waals surface area (Å²) in [5, 5.41) is 3.22. The maximum absolute atomic E-state index is 13.1. The first-order chi connectivity index (χ1) is 13.6. The van der Waals surface area contributed by atoms with Crippen molar-refractivity contribution in [2.24, 2.45) is 0 Å². The summed E-state index contributed by atoms with van der Waals surface area (Å²) >= 11 is 0. The van der Waals surface area contributed by atoms with Crippen LogP contribution in [0.15, 0.2) is 48.5 Å². The summed E-state index contributed by atoms with van der Waals surface area (Å²) < 4.78 is 5.63. The van der Waals surface area contributed by atoms with Gasteiger partial charge in [-0.05, 0) is 35.1 Å². The molecule has 2 fully saturated rings. The molecule has 144 valence electrons. The Morgan fingerprint density at radius 3 is 2.32 bits per heavy atom.